The van der Waals surface area contributed by atoms with Gasteiger partial charge in [-0.1, -0.05) is 66.7 Å². The SMILES string of the molecule is O=C(CN1C(=O)C(=O)N(Cc2cccc(C(F)(F)F)c2)C1=O)c1ccc(-c2ccccc2)cc1. The third kappa shape index (κ3) is 4.59. The van der Waals surface area contributed by atoms with Gasteiger partial charge in [-0.3, -0.25) is 19.3 Å². The van der Waals surface area contributed by atoms with Crippen LogP contribution in [0.3, 0.4) is 0 Å². The fraction of sp³-hybridized carbons (Fsp3) is 0.120. The van der Waals surface area contributed by atoms with Crippen molar-refractivity contribution in [2.75, 3.05) is 6.54 Å². The van der Waals surface area contributed by atoms with Crippen LogP contribution in [0.1, 0.15) is 21.5 Å². The van der Waals surface area contributed by atoms with Gasteiger partial charge in [0.15, 0.2) is 5.78 Å². The minimum Gasteiger partial charge on any atom is -0.292 e. The smallest absolute Gasteiger partial charge is 0.292 e. The second-order valence-electron chi connectivity index (χ2n) is 7.63. The first-order valence-electron chi connectivity index (χ1n) is 10.2. The molecule has 1 aliphatic heterocycles. The van der Waals surface area contributed by atoms with E-state index < -0.39 is 48.5 Å². The predicted molar refractivity (Wildman–Crippen MR) is 115 cm³/mol. The van der Waals surface area contributed by atoms with Crippen molar-refractivity contribution in [1.29, 1.82) is 0 Å². The van der Waals surface area contributed by atoms with Gasteiger partial charge in [-0.05, 0) is 28.8 Å². The van der Waals surface area contributed by atoms with Gasteiger partial charge in [-0.15, -0.1) is 0 Å². The van der Waals surface area contributed by atoms with Crippen LogP contribution in [0.4, 0.5) is 18.0 Å². The number of imide groups is 2. The van der Waals surface area contributed by atoms with Crippen molar-refractivity contribution in [1.82, 2.24) is 9.80 Å². The molecule has 4 amide bonds. The molecule has 0 atom stereocenters. The Hall–Kier alpha value is -4.27. The number of hydrogen-bond acceptors (Lipinski definition) is 4. The number of urea groups is 1. The van der Waals surface area contributed by atoms with Gasteiger partial charge in [0.1, 0.15) is 0 Å². The number of nitrogens with zero attached hydrogens (tertiary/aromatic N) is 2. The van der Waals surface area contributed by atoms with E-state index in [2.05, 4.69) is 0 Å². The highest BCUT2D eigenvalue weighted by atomic mass is 19.4. The van der Waals surface area contributed by atoms with Crippen molar-refractivity contribution in [2.45, 2.75) is 12.7 Å². The van der Waals surface area contributed by atoms with E-state index >= 15 is 0 Å². The number of ketones is 1. The largest absolute Gasteiger partial charge is 0.416 e. The molecule has 172 valence electrons. The van der Waals surface area contributed by atoms with Crippen molar-refractivity contribution in [2.24, 2.45) is 0 Å². The molecule has 6 nitrogen and oxygen atoms in total. The molecule has 4 rings (SSSR count). The van der Waals surface area contributed by atoms with Gasteiger partial charge in [-0.25, -0.2) is 9.69 Å². The average Bonchev–Trinajstić information content (AvgIpc) is 3.03. The van der Waals surface area contributed by atoms with Gasteiger partial charge in [-0.2, -0.15) is 13.2 Å². The number of hydrogen-bond donors (Lipinski definition) is 0. The first kappa shape index (κ1) is 22.9. The number of carbonyl (C=O) groups is 4. The van der Waals surface area contributed by atoms with Crippen LogP contribution in [0.15, 0.2) is 78.9 Å². The Morgan fingerprint density at radius 1 is 0.735 bits per heavy atom. The van der Waals surface area contributed by atoms with Gasteiger partial charge in [0, 0.05) is 5.56 Å². The van der Waals surface area contributed by atoms with E-state index in [1.54, 1.807) is 24.3 Å². The van der Waals surface area contributed by atoms with Crippen molar-refractivity contribution < 1.29 is 32.3 Å². The van der Waals surface area contributed by atoms with Gasteiger partial charge in [0.2, 0.25) is 0 Å². The van der Waals surface area contributed by atoms with Crippen LogP contribution < -0.4 is 0 Å². The van der Waals surface area contributed by atoms with Gasteiger partial charge >= 0.3 is 24.0 Å². The fourth-order valence-corrected chi connectivity index (χ4v) is 3.57. The third-order valence-corrected chi connectivity index (χ3v) is 5.35. The first-order valence-corrected chi connectivity index (χ1v) is 10.2. The van der Waals surface area contributed by atoms with Crippen molar-refractivity contribution in [3.63, 3.8) is 0 Å². The van der Waals surface area contributed by atoms with E-state index in [9.17, 15) is 32.3 Å². The van der Waals surface area contributed by atoms with E-state index in [-0.39, 0.29) is 11.1 Å². The average molecular weight is 466 g/mol. The normalized spacial score (nSPS) is 14.1. The van der Waals surface area contributed by atoms with Gasteiger partial charge < -0.3 is 0 Å². The zero-order valence-corrected chi connectivity index (χ0v) is 17.6. The quantitative estimate of drug-likeness (QED) is 0.304. The molecule has 1 saturated heterocycles. The van der Waals surface area contributed by atoms with Gasteiger partial charge in [0.05, 0.1) is 18.7 Å². The molecule has 0 radical (unpaired) electrons. The summed E-state index contributed by atoms with van der Waals surface area (Å²) in [6.45, 7) is -1.18. The van der Waals surface area contributed by atoms with Crippen molar-refractivity contribution in [3.05, 3.63) is 95.6 Å². The molecule has 0 unspecified atom stereocenters. The zero-order valence-electron chi connectivity index (χ0n) is 17.6. The molecular weight excluding hydrogens is 449 g/mol. The number of carbonyl (C=O) groups excluding carboxylic acids is 4. The van der Waals surface area contributed by atoms with Crippen LogP contribution in [0, 0.1) is 0 Å². The summed E-state index contributed by atoms with van der Waals surface area (Å²) in [6.07, 6.45) is -4.60. The van der Waals surface area contributed by atoms with E-state index in [4.69, 9.17) is 0 Å². The second-order valence-corrected chi connectivity index (χ2v) is 7.63. The highest BCUT2D eigenvalue weighted by molar-refractivity contribution is 6.45. The van der Waals surface area contributed by atoms with Crippen LogP contribution in [0.5, 0.6) is 0 Å². The molecule has 1 aliphatic rings. The molecule has 0 N–H and O–H groups in total. The van der Waals surface area contributed by atoms with Crippen molar-refractivity contribution >= 4 is 23.6 Å². The van der Waals surface area contributed by atoms with E-state index in [1.165, 1.54) is 6.07 Å². The monoisotopic (exact) mass is 466 g/mol. The third-order valence-electron chi connectivity index (χ3n) is 5.35. The molecule has 1 heterocycles. The standard InChI is InChI=1S/C25H17F3N2O4/c26-25(27,28)20-8-4-5-16(13-20)14-29-22(32)23(33)30(24(29)34)15-21(31)19-11-9-18(10-12-19)17-6-2-1-3-7-17/h1-13H,14-15H2. The number of halogens is 3. The van der Waals surface area contributed by atoms with Crippen LogP contribution >= 0.6 is 0 Å². The van der Waals surface area contributed by atoms with Crippen LogP contribution in [0.2, 0.25) is 0 Å². The Balaban J connectivity index is 1.47. The van der Waals surface area contributed by atoms with E-state index in [1.807, 2.05) is 30.3 Å². The van der Waals surface area contributed by atoms with Crippen LogP contribution in [0.25, 0.3) is 11.1 Å². The fourth-order valence-electron chi connectivity index (χ4n) is 3.57. The lowest BCUT2D eigenvalue weighted by Crippen LogP contribution is -2.36. The molecule has 34 heavy (non-hydrogen) atoms. The summed E-state index contributed by atoms with van der Waals surface area (Å²) in [5.74, 6) is -2.96. The van der Waals surface area contributed by atoms with E-state index in [0.29, 0.717) is 9.80 Å². The van der Waals surface area contributed by atoms with Crippen molar-refractivity contribution in [3.8, 4) is 11.1 Å². The topological polar surface area (TPSA) is 74.8 Å². The number of Topliss-reactive ketones (excluding diaryl/α,β-unsaturated/α-hetero) is 1. The number of benzene rings is 3. The summed E-state index contributed by atoms with van der Waals surface area (Å²) in [7, 11) is 0. The summed E-state index contributed by atoms with van der Waals surface area (Å²) in [4.78, 5) is 51.0. The molecule has 3 aromatic rings. The maximum absolute atomic E-state index is 12.9. The lowest BCUT2D eigenvalue weighted by Gasteiger charge is -2.16. The Morgan fingerprint density at radius 3 is 2.00 bits per heavy atom. The summed E-state index contributed by atoms with van der Waals surface area (Å²) < 4.78 is 38.8. The molecule has 0 spiro atoms. The van der Waals surface area contributed by atoms with Gasteiger partial charge in [0.25, 0.3) is 0 Å². The number of alkyl halides is 3. The first-order chi connectivity index (χ1) is 16.1. The summed E-state index contributed by atoms with van der Waals surface area (Å²) in [5.41, 5.74) is 1.13. The van der Waals surface area contributed by atoms with E-state index in [0.717, 1.165) is 29.3 Å². The minimum atomic E-state index is -4.60. The predicted octanol–water partition coefficient (Wildman–Crippen LogP) is 4.55. The summed E-state index contributed by atoms with van der Waals surface area (Å²) in [6, 6.07) is 19.1. The molecule has 0 saturated carbocycles. The Morgan fingerprint density at radius 2 is 1.35 bits per heavy atom. The lowest BCUT2D eigenvalue weighted by molar-refractivity contribution is -0.143. The highest BCUT2D eigenvalue weighted by Crippen LogP contribution is 2.30. The molecule has 0 bridgehead atoms. The molecule has 0 aromatic heterocycles. The molecule has 3 aromatic carbocycles. The Kier molecular flexibility index (Phi) is 6.02. The Bertz CT molecular complexity index is 1270. The minimum absolute atomic E-state index is 0.0222. The lowest BCUT2D eigenvalue weighted by atomic mass is 10.0. The molecule has 0 aliphatic carbocycles. The maximum Gasteiger partial charge on any atom is 0.416 e. The Labute approximate surface area is 192 Å². The number of rotatable bonds is 6. The molecule has 9 heteroatoms. The highest BCUT2D eigenvalue weighted by Gasteiger charge is 2.45. The van der Waals surface area contributed by atoms with Crippen LogP contribution in [-0.4, -0.2) is 40.0 Å². The molecular formula is C25H17F3N2O4. The maximum atomic E-state index is 12.9. The second kappa shape index (κ2) is 8.93. The zero-order chi connectivity index (χ0) is 24.5. The summed E-state index contributed by atoms with van der Waals surface area (Å²) in [5, 5.41) is 0. The summed E-state index contributed by atoms with van der Waals surface area (Å²) >= 11 is 0. The molecule has 1 fully saturated rings. The van der Waals surface area contributed by atoms with Crippen LogP contribution in [-0.2, 0) is 22.3 Å². The number of amides is 4.